The number of aromatic nitrogens is 2. The summed E-state index contributed by atoms with van der Waals surface area (Å²) in [6.45, 7) is 26.7. The molecule has 11 aromatic rings. The highest BCUT2D eigenvalue weighted by atomic mass is 32.2. The van der Waals surface area contributed by atoms with Gasteiger partial charge in [-0.2, -0.15) is 15.8 Å². The van der Waals surface area contributed by atoms with E-state index in [4.69, 9.17) is 27.9 Å². The van der Waals surface area contributed by atoms with Gasteiger partial charge in [-0.05, 0) is 196 Å². The van der Waals surface area contributed by atoms with E-state index >= 15 is 0 Å². The van der Waals surface area contributed by atoms with Gasteiger partial charge in [0.05, 0.1) is 63.7 Å². The number of benzene rings is 9. The van der Waals surface area contributed by atoms with E-state index in [0.29, 0.717) is 29.3 Å². The number of hydrogen-bond donors (Lipinski definition) is 1. The minimum atomic E-state index is 0.319. The minimum absolute atomic E-state index is 0.319. The van der Waals surface area contributed by atoms with Crippen LogP contribution in [0.2, 0.25) is 0 Å². The zero-order valence-electron chi connectivity index (χ0n) is 50.1. The molecule has 0 radical (unpaired) electrons. The molecule has 0 amide bonds. The lowest BCUT2D eigenvalue weighted by Crippen LogP contribution is -2.08. The van der Waals surface area contributed by atoms with Crippen molar-refractivity contribution in [2.75, 3.05) is 6.26 Å². The predicted octanol–water partition coefficient (Wildman–Crippen LogP) is 20.1. The summed E-state index contributed by atoms with van der Waals surface area (Å²) in [4.78, 5) is 17.1. The van der Waals surface area contributed by atoms with E-state index in [9.17, 15) is 10.5 Å². The van der Waals surface area contributed by atoms with Gasteiger partial charge in [-0.3, -0.25) is 4.99 Å². The molecule has 0 saturated heterocycles. The Morgan fingerprint density at radius 2 is 1.21 bits per heavy atom. The van der Waals surface area contributed by atoms with Gasteiger partial charge >= 0.3 is 0 Å². The van der Waals surface area contributed by atoms with Gasteiger partial charge in [0.2, 0.25) is 0 Å². The standard InChI is InChI=1S/C63H47N7S2.C8H7N.C2H6.2C2H4/c1-39-12-25-58-53(30-39)54-31-40(2)13-26-59(54)69(58)48-21-18-44(19-22-48)62(66-3)68-63(67-38-41-14-16-43(17-15-41)51-11-6-5-9-47(51)37-65)46-20-27-57(52(33-46)45-10-7-8-42(32-45)36-64)70-60-28-23-49(71)34-55(60)56-35-50(72-4)24-29-61(56)70;1-7-3-2-4-8(5-7)6-9;3*1-2/h5-12,14-25,27-35,71H,3,13,26,38H2,1-2,4H3;2-5H,1H3;1-2H3;2*1-2H2. The Balaban J connectivity index is 0.000000587. The minimum Gasteiger partial charge on any atom is -0.313 e. The van der Waals surface area contributed by atoms with Crippen LogP contribution in [-0.4, -0.2) is 33.8 Å². The molecule has 0 aliphatic heterocycles. The van der Waals surface area contributed by atoms with Crippen molar-refractivity contribution >= 4 is 81.6 Å². The monoisotopic (exact) mass is 1170 g/mol. The van der Waals surface area contributed by atoms with Gasteiger partial charge in [0.1, 0.15) is 0 Å². The molecule has 1 aliphatic carbocycles. The second-order valence-corrected chi connectivity index (χ2v) is 21.6. The molecule has 0 bridgehead atoms. The molecule has 0 N–H and O–H groups in total. The molecule has 0 fully saturated rings. The van der Waals surface area contributed by atoms with Crippen LogP contribution in [0.15, 0.2) is 251 Å². The van der Waals surface area contributed by atoms with Gasteiger partial charge < -0.3 is 9.13 Å². The fourth-order valence-electron chi connectivity index (χ4n) is 10.8. The Hall–Kier alpha value is -10.3. The summed E-state index contributed by atoms with van der Waals surface area (Å²) in [5, 5.41) is 31.9. The van der Waals surface area contributed by atoms with Gasteiger partial charge in [-0.25, -0.2) is 9.98 Å². The van der Waals surface area contributed by atoms with E-state index in [1.165, 1.54) is 38.2 Å². The van der Waals surface area contributed by atoms with Crippen molar-refractivity contribution in [3.63, 3.8) is 0 Å². The lowest BCUT2D eigenvalue weighted by atomic mass is 9.96. The van der Waals surface area contributed by atoms with Crippen molar-refractivity contribution < 1.29 is 0 Å². The Morgan fingerprint density at radius 3 is 1.89 bits per heavy atom. The molecule has 0 atom stereocenters. The van der Waals surface area contributed by atoms with Gasteiger partial charge in [0, 0.05) is 59.6 Å². The molecule has 87 heavy (non-hydrogen) atoms. The van der Waals surface area contributed by atoms with E-state index in [0.717, 1.165) is 101 Å². The summed E-state index contributed by atoms with van der Waals surface area (Å²) in [6, 6.07) is 72.1. The summed E-state index contributed by atoms with van der Waals surface area (Å²) < 4.78 is 4.70. The first-order chi connectivity index (χ1) is 42.5. The fraction of sp³-hybridized carbons (Fsp3) is 0.117. The number of thiol groups is 1. The number of aryl methyl sites for hydroxylation is 2. The zero-order chi connectivity index (χ0) is 62.1. The molecule has 9 aromatic carbocycles. The molecule has 8 nitrogen and oxygen atoms in total. The normalized spacial score (nSPS) is 11.6. The highest BCUT2D eigenvalue weighted by Gasteiger charge is 2.22. The summed E-state index contributed by atoms with van der Waals surface area (Å²) in [6.07, 6.45) is 6.44. The molecule has 12 rings (SSSR count). The topological polar surface area (TPSA) is 118 Å². The number of hydrogen-bond acceptors (Lipinski definition) is 6. The largest absolute Gasteiger partial charge is 0.313 e. The Morgan fingerprint density at radius 1 is 0.563 bits per heavy atom. The van der Waals surface area contributed by atoms with Crippen LogP contribution in [0.25, 0.3) is 72.4 Å². The molecule has 2 aromatic heterocycles. The number of aliphatic imine (C=N–C) groups is 3. The van der Waals surface area contributed by atoms with Gasteiger partial charge in [0.15, 0.2) is 11.7 Å². The summed E-state index contributed by atoms with van der Waals surface area (Å²) in [5.74, 6) is 0.906. The number of amidine groups is 2. The van der Waals surface area contributed by atoms with Crippen LogP contribution in [-0.2, 0) is 13.0 Å². The first kappa shape index (κ1) is 62.8. The van der Waals surface area contributed by atoms with Crippen LogP contribution < -0.4 is 0 Å². The summed E-state index contributed by atoms with van der Waals surface area (Å²) >= 11 is 6.48. The third-order valence-electron chi connectivity index (χ3n) is 14.8. The van der Waals surface area contributed by atoms with Crippen molar-refractivity contribution in [3.05, 3.63) is 282 Å². The Labute approximate surface area is 521 Å². The van der Waals surface area contributed by atoms with Crippen LogP contribution in [0.5, 0.6) is 0 Å². The number of nitriles is 3. The molecular formula is C77H68N8S2. The molecule has 428 valence electrons. The fourth-order valence-corrected chi connectivity index (χ4v) is 11.4. The van der Waals surface area contributed by atoms with Gasteiger partial charge in [0.25, 0.3) is 0 Å². The number of rotatable bonds is 9. The summed E-state index contributed by atoms with van der Waals surface area (Å²) in [7, 11) is 0. The number of allylic oxidation sites excluding steroid dienone is 1. The SMILES string of the molecule is C=C.C=C.C=NC(=NC(=NCc1ccc(-c2ccccc2C#N)cc1)c1ccc(-n2c3ccc(S)cc3c3cc(SC)ccc32)c(-c2cccc(C#N)c2)c1)c1ccc(-n2c3c(c4cc(C)ccc42)C=C(C)CC3)cc1.CC.Cc1cccc(C#N)c1. The van der Waals surface area contributed by atoms with Crippen molar-refractivity contribution in [1.29, 1.82) is 15.8 Å². The zero-order valence-corrected chi connectivity index (χ0v) is 51.9. The average molecular weight is 1170 g/mol. The maximum Gasteiger partial charge on any atom is 0.161 e. The van der Waals surface area contributed by atoms with Gasteiger partial charge in [-0.15, -0.1) is 50.7 Å². The van der Waals surface area contributed by atoms with Crippen LogP contribution in [0.4, 0.5) is 0 Å². The van der Waals surface area contributed by atoms with Crippen molar-refractivity contribution in [3.8, 4) is 51.8 Å². The van der Waals surface area contributed by atoms with Crippen LogP contribution in [0, 0.1) is 47.8 Å². The van der Waals surface area contributed by atoms with Gasteiger partial charge in [-0.1, -0.05) is 104 Å². The second kappa shape index (κ2) is 29.5. The van der Waals surface area contributed by atoms with E-state index in [2.05, 4.69) is 183 Å². The smallest absolute Gasteiger partial charge is 0.161 e. The van der Waals surface area contributed by atoms with E-state index < -0.39 is 0 Å². The molecule has 0 saturated carbocycles. The van der Waals surface area contributed by atoms with Crippen LogP contribution >= 0.6 is 24.4 Å². The molecule has 10 heteroatoms. The third kappa shape index (κ3) is 13.8. The second-order valence-electron chi connectivity index (χ2n) is 20.2. The molecule has 1 aliphatic rings. The quantitative estimate of drug-likeness (QED) is 0.0509. The Bertz CT molecular complexity index is 4550. The van der Waals surface area contributed by atoms with Crippen molar-refractivity contribution in [2.24, 2.45) is 15.0 Å². The summed E-state index contributed by atoms with van der Waals surface area (Å²) in [5.41, 5.74) is 19.7. The Kier molecular flexibility index (Phi) is 21.3. The lowest BCUT2D eigenvalue weighted by Gasteiger charge is -2.17. The maximum atomic E-state index is 10.1. The van der Waals surface area contributed by atoms with Crippen molar-refractivity contribution in [1.82, 2.24) is 9.13 Å². The van der Waals surface area contributed by atoms with E-state index in [1.807, 2.05) is 118 Å². The molecule has 0 spiro atoms. The first-order valence-corrected chi connectivity index (χ1v) is 30.3. The molecule has 0 unspecified atom stereocenters. The third-order valence-corrected chi connectivity index (χ3v) is 15.8. The van der Waals surface area contributed by atoms with Crippen LogP contribution in [0.1, 0.15) is 83.0 Å². The van der Waals surface area contributed by atoms with Crippen LogP contribution in [0.3, 0.4) is 0 Å². The number of nitrogens with zero attached hydrogens (tertiary/aromatic N) is 8. The van der Waals surface area contributed by atoms with Crippen molar-refractivity contribution in [2.45, 2.75) is 63.8 Å². The highest BCUT2D eigenvalue weighted by Crippen LogP contribution is 2.40. The molecular weight excluding hydrogens is 1100 g/mol. The maximum absolute atomic E-state index is 10.1. The first-order valence-electron chi connectivity index (χ1n) is 28.6. The van der Waals surface area contributed by atoms with E-state index in [1.54, 1.807) is 17.8 Å². The number of fused-ring (bicyclic) bond motifs is 6. The highest BCUT2D eigenvalue weighted by molar-refractivity contribution is 7.98. The number of thioether (sulfide) groups is 1. The lowest BCUT2D eigenvalue weighted by molar-refractivity contribution is 0.856. The van der Waals surface area contributed by atoms with E-state index in [-0.39, 0.29) is 0 Å². The molecule has 2 heterocycles. The average Bonchev–Trinajstić information content (AvgIpc) is 1.66. The predicted molar refractivity (Wildman–Crippen MR) is 373 cm³/mol.